The molecule has 2 nitrogen and oxygen atoms in total. The molecule has 1 aromatic heterocycles. The number of rotatable bonds is 4. The summed E-state index contributed by atoms with van der Waals surface area (Å²) in [5.41, 5.74) is 2.87. The predicted octanol–water partition coefficient (Wildman–Crippen LogP) is 3.94. The van der Waals surface area contributed by atoms with Gasteiger partial charge in [0, 0.05) is 9.75 Å². The fourth-order valence-electron chi connectivity index (χ4n) is 2.93. The molecule has 3 rings (SSSR count). The van der Waals surface area contributed by atoms with E-state index in [0.29, 0.717) is 0 Å². The van der Waals surface area contributed by atoms with Crippen LogP contribution in [0.25, 0.3) is 0 Å². The molecule has 1 heterocycles. The molecule has 0 bridgehead atoms. The van der Waals surface area contributed by atoms with Gasteiger partial charge in [0.25, 0.3) is 0 Å². The number of fused-ring (bicyclic) bond motifs is 1. The molecule has 0 saturated carbocycles. The molecular formula is C17H21NOS. The van der Waals surface area contributed by atoms with E-state index in [0.717, 1.165) is 5.75 Å². The van der Waals surface area contributed by atoms with Crippen LogP contribution in [-0.4, -0.2) is 14.2 Å². The Bertz CT molecular complexity index is 550. The van der Waals surface area contributed by atoms with Gasteiger partial charge in [0.2, 0.25) is 0 Å². The molecule has 0 aliphatic heterocycles. The van der Waals surface area contributed by atoms with Crippen LogP contribution >= 0.6 is 11.3 Å². The Labute approximate surface area is 124 Å². The smallest absolute Gasteiger partial charge is 0.118 e. The average molecular weight is 287 g/mol. The van der Waals surface area contributed by atoms with Gasteiger partial charge in [-0.05, 0) is 62.1 Å². The second-order valence-electron chi connectivity index (χ2n) is 5.30. The number of benzene rings is 1. The molecule has 1 aromatic carbocycles. The average Bonchev–Trinajstić information content (AvgIpc) is 2.92. The number of aryl methyl sites for hydroxylation is 2. The number of ether oxygens (including phenoxy) is 1. The Morgan fingerprint density at radius 3 is 2.55 bits per heavy atom. The van der Waals surface area contributed by atoms with Gasteiger partial charge in [-0.15, -0.1) is 11.3 Å². The summed E-state index contributed by atoms with van der Waals surface area (Å²) in [6, 6.07) is 11.1. The summed E-state index contributed by atoms with van der Waals surface area (Å²) in [5, 5.41) is 3.45. The molecule has 0 spiro atoms. The van der Waals surface area contributed by atoms with E-state index < -0.39 is 0 Å². The summed E-state index contributed by atoms with van der Waals surface area (Å²) in [4.78, 5) is 3.03. The van der Waals surface area contributed by atoms with Crippen molar-refractivity contribution < 1.29 is 4.74 Å². The van der Waals surface area contributed by atoms with E-state index in [1.54, 1.807) is 17.6 Å². The summed E-state index contributed by atoms with van der Waals surface area (Å²) in [5.74, 6) is 0.911. The molecule has 1 unspecified atom stereocenters. The maximum Gasteiger partial charge on any atom is 0.118 e. The number of methoxy groups -OCH3 is 1. The SMILES string of the molecule is CNC(c1ccc(OC)cc1)c1cc2c(s1)CCCC2. The lowest BCUT2D eigenvalue weighted by Crippen LogP contribution is -2.16. The fraction of sp³-hybridized carbons (Fsp3) is 0.412. The zero-order valence-electron chi connectivity index (χ0n) is 12.1. The molecule has 106 valence electrons. The van der Waals surface area contributed by atoms with Gasteiger partial charge in [-0.3, -0.25) is 0 Å². The van der Waals surface area contributed by atoms with Crippen molar-refractivity contribution in [1.29, 1.82) is 0 Å². The Hall–Kier alpha value is -1.32. The first-order valence-electron chi connectivity index (χ1n) is 7.24. The normalized spacial score (nSPS) is 15.7. The lowest BCUT2D eigenvalue weighted by atomic mass is 9.98. The van der Waals surface area contributed by atoms with E-state index >= 15 is 0 Å². The van der Waals surface area contributed by atoms with E-state index in [9.17, 15) is 0 Å². The topological polar surface area (TPSA) is 21.3 Å². The molecule has 1 aliphatic carbocycles. The molecule has 0 saturated heterocycles. The number of hydrogen-bond donors (Lipinski definition) is 1. The molecule has 0 fully saturated rings. The van der Waals surface area contributed by atoms with Crippen LogP contribution in [0, 0.1) is 0 Å². The van der Waals surface area contributed by atoms with Crippen LogP contribution in [0.1, 0.15) is 39.8 Å². The van der Waals surface area contributed by atoms with Gasteiger partial charge in [-0.2, -0.15) is 0 Å². The summed E-state index contributed by atoms with van der Waals surface area (Å²) in [6.45, 7) is 0. The molecule has 1 atom stereocenters. The highest BCUT2D eigenvalue weighted by Crippen LogP contribution is 2.35. The zero-order chi connectivity index (χ0) is 13.9. The van der Waals surface area contributed by atoms with E-state index in [1.807, 2.05) is 30.5 Å². The largest absolute Gasteiger partial charge is 0.497 e. The third-order valence-corrected chi connectivity index (χ3v) is 5.34. The molecule has 0 radical (unpaired) electrons. The van der Waals surface area contributed by atoms with Crippen LogP contribution in [0.4, 0.5) is 0 Å². The molecular weight excluding hydrogens is 266 g/mol. The van der Waals surface area contributed by atoms with Crippen molar-refractivity contribution in [3.05, 3.63) is 51.2 Å². The molecule has 2 aromatic rings. The summed E-state index contributed by atoms with van der Waals surface area (Å²) in [6.07, 6.45) is 5.21. The standard InChI is InChI=1S/C17H21NOS/c1-18-17(12-7-9-14(19-2)10-8-12)16-11-13-5-3-4-6-15(13)20-16/h7-11,17-18H,3-6H2,1-2H3. The Balaban J connectivity index is 1.90. The van der Waals surface area contributed by atoms with E-state index in [2.05, 4.69) is 23.5 Å². The van der Waals surface area contributed by atoms with Crippen LogP contribution in [0.5, 0.6) is 5.75 Å². The number of nitrogens with one attached hydrogen (secondary N) is 1. The van der Waals surface area contributed by atoms with Crippen molar-refractivity contribution in [3.63, 3.8) is 0 Å². The molecule has 20 heavy (non-hydrogen) atoms. The minimum Gasteiger partial charge on any atom is -0.497 e. The van der Waals surface area contributed by atoms with Crippen LogP contribution in [0.15, 0.2) is 30.3 Å². The van der Waals surface area contributed by atoms with Crippen molar-refractivity contribution in [2.24, 2.45) is 0 Å². The van der Waals surface area contributed by atoms with Gasteiger partial charge in [0.15, 0.2) is 0 Å². The quantitative estimate of drug-likeness (QED) is 0.919. The van der Waals surface area contributed by atoms with Gasteiger partial charge in [-0.25, -0.2) is 0 Å². The van der Waals surface area contributed by atoms with Crippen molar-refractivity contribution >= 4 is 11.3 Å². The van der Waals surface area contributed by atoms with Crippen molar-refractivity contribution in [3.8, 4) is 5.75 Å². The minimum atomic E-state index is 0.288. The molecule has 3 heteroatoms. The fourth-order valence-corrected chi connectivity index (χ4v) is 4.32. The Morgan fingerprint density at radius 2 is 1.90 bits per heavy atom. The molecule has 0 amide bonds. The van der Waals surface area contributed by atoms with Gasteiger partial charge in [-0.1, -0.05) is 12.1 Å². The van der Waals surface area contributed by atoms with Crippen LogP contribution in [-0.2, 0) is 12.8 Å². The first-order valence-corrected chi connectivity index (χ1v) is 8.06. The van der Waals surface area contributed by atoms with Crippen LogP contribution < -0.4 is 10.1 Å². The van der Waals surface area contributed by atoms with E-state index in [4.69, 9.17) is 4.74 Å². The van der Waals surface area contributed by atoms with E-state index in [-0.39, 0.29) is 6.04 Å². The summed E-state index contributed by atoms with van der Waals surface area (Å²) in [7, 11) is 3.74. The highest BCUT2D eigenvalue weighted by molar-refractivity contribution is 7.12. The lowest BCUT2D eigenvalue weighted by molar-refractivity contribution is 0.414. The van der Waals surface area contributed by atoms with Crippen molar-refractivity contribution in [1.82, 2.24) is 5.32 Å². The number of hydrogen-bond acceptors (Lipinski definition) is 3. The maximum absolute atomic E-state index is 5.24. The molecule has 1 N–H and O–H groups in total. The zero-order valence-corrected chi connectivity index (χ0v) is 12.9. The maximum atomic E-state index is 5.24. The Kier molecular flexibility index (Phi) is 4.08. The van der Waals surface area contributed by atoms with Crippen LogP contribution in [0.3, 0.4) is 0 Å². The second-order valence-corrected chi connectivity index (χ2v) is 6.47. The predicted molar refractivity (Wildman–Crippen MR) is 84.9 cm³/mol. The third kappa shape index (κ3) is 2.60. The highest BCUT2D eigenvalue weighted by Gasteiger charge is 2.19. The number of thiophene rings is 1. The monoisotopic (exact) mass is 287 g/mol. The van der Waals surface area contributed by atoms with Gasteiger partial charge >= 0.3 is 0 Å². The first-order chi connectivity index (χ1) is 9.81. The second kappa shape index (κ2) is 5.98. The molecule has 1 aliphatic rings. The highest BCUT2D eigenvalue weighted by atomic mass is 32.1. The van der Waals surface area contributed by atoms with Crippen molar-refractivity contribution in [2.75, 3.05) is 14.2 Å². The van der Waals surface area contributed by atoms with Gasteiger partial charge < -0.3 is 10.1 Å². The first kappa shape index (κ1) is 13.7. The van der Waals surface area contributed by atoms with Crippen molar-refractivity contribution in [2.45, 2.75) is 31.7 Å². The van der Waals surface area contributed by atoms with Gasteiger partial charge in [0.05, 0.1) is 13.2 Å². The Morgan fingerprint density at radius 1 is 1.15 bits per heavy atom. The summed E-state index contributed by atoms with van der Waals surface area (Å²) < 4.78 is 5.24. The van der Waals surface area contributed by atoms with E-state index in [1.165, 1.54) is 36.1 Å². The van der Waals surface area contributed by atoms with Gasteiger partial charge in [0.1, 0.15) is 5.75 Å². The minimum absolute atomic E-state index is 0.288. The lowest BCUT2D eigenvalue weighted by Gasteiger charge is -2.15. The van der Waals surface area contributed by atoms with Crippen LogP contribution in [0.2, 0.25) is 0 Å². The summed E-state index contributed by atoms with van der Waals surface area (Å²) >= 11 is 1.98. The third-order valence-electron chi connectivity index (χ3n) is 4.04.